The molecule has 0 spiro atoms. The van der Waals surface area contributed by atoms with Gasteiger partial charge in [-0.2, -0.15) is 0 Å². The number of nitro groups is 1. The van der Waals surface area contributed by atoms with Crippen molar-refractivity contribution in [2.75, 3.05) is 0 Å². The highest BCUT2D eigenvalue weighted by Crippen LogP contribution is 2.30. The lowest BCUT2D eigenvalue weighted by molar-refractivity contribution is -0.384. The van der Waals surface area contributed by atoms with Crippen molar-refractivity contribution in [1.29, 1.82) is 0 Å². The summed E-state index contributed by atoms with van der Waals surface area (Å²) in [5.41, 5.74) is 1.13. The van der Waals surface area contributed by atoms with Crippen LogP contribution in [0.25, 0.3) is 10.7 Å². The van der Waals surface area contributed by atoms with E-state index in [2.05, 4.69) is 40.7 Å². The summed E-state index contributed by atoms with van der Waals surface area (Å²) in [5, 5.41) is 20.2. The van der Waals surface area contributed by atoms with E-state index < -0.39 is 0 Å². The highest BCUT2D eigenvalue weighted by Gasteiger charge is 2.14. The van der Waals surface area contributed by atoms with Crippen molar-refractivity contribution >= 4 is 28.8 Å². The zero-order chi connectivity index (χ0) is 17.1. The topological polar surface area (TPSA) is 73.8 Å². The Bertz CT molecular complexity index is 855. The quantitative estimate of drug-likeness (QED) is 0.367. The molecule has 0 radical (unpaired) electrons. The van der Waals surface area contributed by atoms with Crippen LogP contribution in [0, 0.1) is 17.0 Å². The summed E-state index contributed by atoms with van der Waals surface area (Å²) in [5.74, 6) is 1.58. The Balaban J connectivity index is 1.76. The Kier molecular flexibility index (Phi) is 4.96. The lowest BCUT2D eigenvalue weighted by atomic mass is 10.2. The van der Waals surface area contributed by atoms with Crippen LogP contribution in [0.2, 0.25) is 0 Å². The maximum atomic E-state index is 10.7. The lowest BCUT2D eigenvalue weighted by Crippen LogP contribution is -1.99. The number of hydrogen-bond acceptors (Lipinski definition) is 6. The van der Waals surface area contributed by atoms with Crippen LogP contribution in [0.4, 0.5) is 5.69 Å². The van der Waals surface area contributed by atoms with Crippen LogP contribution < -0.4 is 0 Å². The van der Waals surface area contributed by atoms with Crippen LogP contribution >= 0.6 is 23.1 Å². The number of rotatable bonds is 6. The first kappa shape index (κ1) is 16.7. The van der Waals surface area contributed by atoms with E-state index in [0.29, 0.717) is 5.75 Å². The standard InChI is InChI=1S/C16H16N4O2S2/c1-3-19-15(14-9-4-11(2)24-14)17-18-16(19)23-10-12-5-7-13(8-6-12)20(21)22/h4-9H,3,10H2,1-2H3. The van der Waals surface area contributed by atoms with Gasteiger partial charge in [0.25, 0.3) is 5.69 Å². The average Bonchev–Trinajstić information content (AvgIpc) is 3.18. The van der Waals surface area contributed by atoms with E-state index in [-0.39, 0.29) is 10.6 Å². The predicted molar refractivity (Wildman–Crippen MR) is 96.4 cm³/mol. The third-order valence-electron chi connectivity index (χ3n) is 3.51. The molecular weight excluding hydrogens is 344 g/mol. The zero-order valence-corrected chi connectivity index (χ0v) is 14.9. The van der Waals surface area contributed by atoms with Crippen LogP contribution in [0.5, 0.6) is 0 Å². The second-order valence-electron chi connectivity index (χ2n) is 5.17. The highest BCUT2D eigenvalue weighted by atomic mass is 32.2. The van der Waals surface area contributed by atoms with Gasteiger partial charge in [-0.05, 0) is 31.5 Å². The minimum atomic E-state index is -0.389. The van der Waals surface area contributed by atoms with Crippen molar-refractivity contribution in [1.82, 2.24) is 14.8 Å². The predicted octanol–water partition coefficient (Wildman–Crippen LogP) is 4.54. The molecule has 0 fully saturated rings. The largest absolute Gasteiger partial charge is 0.302 e. The number of thiophene rings is 1. The van der Waals surface area contributed by atoms with Crippen molar-refractivity contribution in [3.05, 3.63) is 57.0 Å². The maximum Gasteiger partial charge on any atom is 0.269 e. The third-order valence-corrected chi connectivity index (χ3v) is 5.54. The van der Waals surface area contributed by atoms with Gasteiger partial charge in [0.05, 0.1) is 9.80 Å². The molecule has 1 aromatic carbocycles. The van der Waals surface area contributed by atoms with E-state index in [4.69, 9.17) is 0 Å². The summed E-state index contributed by atoms with van der Waals surface area (Å²) in [4.78, 5) is 12.7. The fraction of sp³-hybridized carbons (Fsp3) is 0.250. The number of aryl methyl sites for hydroxylation is 1. The van der Waals surface area contributed by atoms with Crippen LogP contribution in [0.15, 0.2) is 41.6 Å². The fourth-order valence-corrected chi connectivity index (χ4v) is 4.10. The summed E-state index contributed by atoms with van der Waals surface area (Å²) in [6.45, 7) is 4.94. The van der Waals surface area contributed by atoms with Crippen LogP contribution in [-0.2, 0) is 12.3 Å². The SMILES string of the molecule is CCn1c(SCc2ccc([N+](=O)[O-])cc2)nnc1-c1ccc(C)s1. The van der Waals surface area contributed by atoms with Gasteiger partial charge >= 0.3 is 0 Å². The molecule has 0 amide bonds. The number of benzene rings is 1. The highest BCUT2D eigenvalue weighted by molar-refractivity contribution is 7.98. The molecule has 3 rings (SSSR count). The minimum absolute atomic E-state index is 0.107. The first-order valence-corrected chi connectivity index (χ1v) is 9.25. The number of thioether (sulfide) groups is 1. The molecule has 0 bridgehead atoms. The molecule has 0 N–H and O–H groups in total. The molecule has 0 aliphatic heterocycles. The van der Waals surface area contributed by atoms with Gasteiger partial charge in [-0.25, -0.2) is 0 Å². The number of nitrogens with zero attached hydrogens (tertiary/aromatic N) is 4. The molecule has 2 heterocycles. The van der Waals surface area contributed by atoms with E-state index in [1.165, 1.54) is 17.0 Å². The van der Waals surface area contributed by atoms with Crippen molar-refractivity contribution in [3.8, 4) is 10.7 Å². The van der Waals surface area contributed by atoms with Crippen LogP contribution in [-0.4, -0.2) is 19.7 Å². The monoisotopic (exact) mass is 360 g/mol. The van der Waals surface area contributed by atoms with Gasteiger partial charge in [0.15, 0.2) is 11.0 Å². The number of hydrogen-bond donors (Lipinski definition) is 0. The third kappa shape index (κ3) is 3.49. The minimum Gasteiger partial charge on any atom is -0.302 e. The van der Waals surface area contributed by atoms with Gasteiger partial charge in [-0.15, -0.1) is 21.5 Å². The van der Waals surface area contributed by atoms with Crippen molar-refractivity contribution < 1.29 is 4.92 Å². The van der Waals surface area contributed by atoms with Gasteiger partial charge in [0.1, 0.15) is 0 Å². The molecule has 0 aliphatic rings. The molecular formula is C16H16N4O2S2. The molecule has 8 heteroatoms. The fourth-order valence-electron chi connectivity index (χ4n) is 2.28. The Labute approximate surface area is 147 Å². The molecule has 6 nitrogen and oxygen atoms in total. The molecule has 2 aromatic heterocycles. The van der Waals surface area contributed by atoms with Gasteiger partial charge in [0.2, 0.25) is 0 Å². The molecule has 0 unspecified atom stereocenters. The van der Waals surface area contributed by atoms with Gasteiger partial charge in [-0.3, -0.25) is 10.1 Å². The Morgan fingerprint density at radius 2 is 1.96 bits per heavy atom. The van der Waals surface area contributed by atoms with Crippen molar-refractivity contribution in [2.45, 2.75) is 31.3 Å². The van der Waals surface area contributed by atoms with E-state index in [9.17, 15) is 10.1 Å². The van der Waals surface area contributed by atoms with E-state index in [1.54, 1.807) is 35.2 Å². The van der Waals surface area contributed by atoms with Gasteiger partial charge < -0.3 is 4.57 Å². The summed E-state index contributed by atoms with van der Waals surface area (Å²) in [7, 11) is 0. The molecule has 0 aliphatic carbocycles. The Hall–Kier alpha value is -2.19. The lowest BCUT2D eigenvalue weighted by Gasteiger charge is -2.06. The van der Waals surface area contributed by atoms with Crippen molar-refractivity contribution in [2.24, 2.45) is 0 Å². The molecule has 24 heavy (non-hydrogen) atoms. The molecule has 3 aromatic rings. The smallest absolute Gasteiger partial charge is 0.269 e. The van der Waals surface area contributed by atoms with Gasteiger partial charge in [0, 0.05) is 29.3 Å². The normalized spacial score (nSPS) is 10.9. The second kappa shape index (κ2) is 7.14. The number of non-ortho nitro benzene ring substituents is 1. The zero-order valence-electron chi connectivity index (χ0n) is 13.3. The maximum absolute atomic E-state index is 10.7. The second-order valence-corrected chi connectivity index (χ2v) is 7.40. The summed E-state index contributed by atoms with van der Waals surface area (Å²) in [6, 6.07) is 10.8. The first-order valence-electron chi connectivity index (χ1n) is 7.44. The average molecular weight is 360 g/mol. The summed E-state index contributed by atoms with van der Waals surface area (Å²) >= 11 is 3.29. The van der Waals surface area contributed by atoms with Gasteiger partial charge in [-0.1, -0.05) is 23.9 Å². The van der Waals surface area contributed by atoms with Crippen LogP contribution in [0.3, 0.4) is 0 Å². The number of aromatic nitrogens is 3. The van der Waals surface area contributed by atoms with E-state index in [1.807, 2.05) is 0 Å². The molecule has 0 saturated carbocycles. The van der Waals surface area contributed by atoms with E-state index in [0.717, 1.165) is 28.0 Å². The van der Waals surface area contributed by atoms with Crippen LogP contribution in [0.1, 0.15) is 17.4 Å². The number of nitro benzene ring substituents is 1. The summed E-state index contributed by atoms with van der Waals surface area (Å²) < 4.78 is 2.10. The Morgan fingerprint density at radius 1 is 1.21 bits per heavy atom. The van der Waals surface area contributed by atoms with E-state index >= 15 is 0 Å². The summed E-state index contributed by atoms with van der Waals surface area (Å²) in [6.07, 6.45) is 0. The first-order chi connectivity index (χ1) is 11.6. The molecule has 0 saturated heterocycles. The molecule has 0 atom stereocenters. The Morgan fingerprint density at radius 3 is 2.54 bits per heavy atom. The van der Waals surface area contributed by atoms with Crippen molar-refractivity contribution in [3.63, 3.8) is 0 Å². The molecule has 124 valence electrons.